The van der Waals surface area contributed by atoms with Crippen molar-refractivity contribution in [1.82, 2.24) is 14.8 Å². The average Bonchev–Trinajstić information content (AvgIpc) is 2.86. The van der Waals surface area contributed by atoms with Crippen molar-refractivity contribution in [2.24, 2.45) is 5.10 Å². The number of amides is 3. The van der Waals surface area contributed by atoms with Crippen LogP contribution in [0.15, 0.2) is 65.8 Å². The summed E-state index contributed by atoms with van der Waals surface area (Å²) in [5.41, 5.74) is 2.64. The fourth-order valence-corrected chi connectivity index (χ4v) is 4.22. The number of carbonyl (C=O) groups excluding carboxylic acids is 3. The van der Waals surface area contributed by atoms with Crippen molar-refractivity contribution >= 4 is 23.4 Å². The second-order valence-electron chi connectivity index (χ2n) is 8.50. The first-order valence-corrected chi connectivity index (χ1v) is 11.6. The van der Waals surface area contributed by atoms with Crippen molar-refractivity contribution in [2.75, 3.05) is 26.2 Å². The number of hydrogen-bond acceptors (Lipinski definition) is 4. The molecule has 0 unspecified atom stereocenters. The fourth-order valence-electron chi connectivity index (χ4n) is 4.22. The van der Waals surface area contributed by atoms with Crippen molar-refractivity contribution in [2.45, 2.75) is 38.6 Å². The molecule has 172 valence electrons. The minimum atomic E-state index is -0.128. The Bertz CT molecular complexity index is 999. The number of carbonyl (C=O) groups is 3. The molecule has 2 aromatic rings. The highest BCUT2D eigenvalue weighted by Crippen LogP contribution is 2.16. The molecule has 0 aliphatic carbocycles. The van der Waals surface area contributed by atoms with Crippen molar-refractivity contribution in [3.63, 3.8) is 0 Å². The molecule has 1 fully saturated rings. The molecule has 1 saturated heterocycles. The summed E-state index contributed by atoms with van der Waals surface area (Å²) in [6.07, 6.45) is 2.89. The Morgan fingerprint density at radius 2 is 1.39 bits per heavy atom. The Morgan fingerprint density at radius 1 is 0.788 bits per heavy atom. The Kier molecular flexibility index (Phi) is 7.50. The zero-order valence-electron chi connectivity index (χ0n) is 18.9. The molecule has 0 N–H and O–H groups in total. The van der Waals surface area contributed by atoms with Gasteiger partial charge in [0, 0.05) is 45.4 Å². The molecule has 2 heterocycles. The molecule has 0 aromatic heterocycles. The van der Waals surface area contributed by atoms with Crippen LogP contribution < -0.4 is 0 Å². The van der Waals surface area contributed by atoms with Gasteiger partial charge in [-0.25, -0.2) is 5.01 Å². The fraction of sp³-hybridized carbons (Fsp3) is 0.385. The van der Waals surface area contributed by atoms with Gasteiger partial charge in [0.15, 0.2) is 0 Å². The van der Waals surface area contributed by atoms with Crippen molar-refractivity contribution in [3.05, 3.63) is 71.8 Å². The summed E-state index contributed by atoms with van der Waals surface area (Å²) in [6, 6.07) is 19.8. The van der Waals surface area contributed by atoms with Crippen LogP contribution in [-0.2, 0) is 27.3 Å². The second kappa shape index (κ2) is 10.9. The number of hydrogen-bond donors (Lipinski definition) is 0. The van der Waals surface area contributed by atoms with Gasteiger partial charge >= 0.3 is 0 Å². The summed E-state index contributed by atoms with van der Waals surface area (Å²) in [6.45, 7) is 2.43. The largest absolute Gasteiger partial charge is 0.339 e. The zero-order valence-corrected chi connectivity index (χ0v) is 18.9. The number of hydrazone groups is 1. The molecule has 0 radical (unpaired) electrons. The monoisotopic (exact) mass is 446 g/mol. The molecule has 4 rings (SSSR count). The van der Waals surface area contributed by atoms with Crippen molar-refractivity contribution < 1.29 is 14.4 Å². The number of rotatable bonds is 7. The van der Waals surface area contributed by atoms with E-state index in [1.807, 2.05) is 53.4 Å². The van der Waals surface area contributed by atoms with Crippen LogP contribution >= 0.6 is 0 Å². The Hall–Kier alpha value is -3.48. The Balaban J connectivity index is 1.26. The third kappa shape index (κ3) is 6.06. The van der Waals surface area contributed by atoms with Gasteiger partial charge in [-0.2, -0.15) is 5.10 Å². The van der Waals surface area contributed by atoms with Crippen LogP contribution in [-0.4, -0.2) is 64.4 Å². The van der Waals surface area contributed by atoms with E-state index in [1.54, 1.807) is 4.90 Å². The molecular weight excluding hydrogens is 416 g/mol. The minimum Gasteiger partial charge on any atom is -0.339 e. The van der Waals surface area contributed by atoms with E-state index in [-0.39, 0.29) is 24.1 Å². The second-order valence-corrected chi connectivity index (χ2v) is 8.50. The van der Waals surface area contributed by atoms with Crippen molar-refractivity contribution in [3.8, 4) is 0 Å². The predicted octanol–water partition coefficient (Wildman–Crippen LogP) is 2.86. The highest BCUT2D eigenvalue weighted by atomic mass is 16.2. The molecule has 2 aliphatic heterocycles. The Labute approximate surface area is 194 Å². The molecule has 0 bridgehead atoms. The van der Waals surface area contributed by atoms with E-state index < -0.39 is 0 Å². The van der Waals surface area contributed by atoms with E-state index in [9.17, 15) is 14.4 Å². The molecule has 0 saturated carbocycles. The quantitative estimate of drug-likeness (QED) is 0.657. The highest BCUT2D eigenvalue weighted by Gasteiger charge is 2.30. The van der Waals surface area contributed by atoms with Gasteiger partial charge in [-0.1, -0.05) is 60.7 Å². The predicted molar refractivity (Wildman–Crippen MR) is 126 cm³/mol. The van der Waals surface area contributed by atoms with Gasteiger partial charge in [0.05, 0.1) is 6.54 Å². The maximum atomic E-state index is 13.0. The summed E-state index contributed by atoms with van der Waals surface area (Å²) < 4.78 is 0. The van der Waals surface area contributed by atoms with Crippen LogP contribution in [0.25, 0.3) is 0 Å². The zero-order chi connectivity index (χ0) is 23.0. The summed E-state index contributed by atoms with van der Waals surface area (Å²) in [5, 5.41) is 5.79. The number of aryl methyl sites for hydroxylation is 1. The van der Waals surface area contributed by atoms with Crippen LogP contribution in [0.4, 0.5) is 0 Å². The van der Waals surface area contributed by atoms with Crippen molar-refractivity contribution in [1.29, 1.82) is 0 Å². The number of piperazine rings is 1. The molecule has 2 aliphatic rings. The van der Waals surface area contributed by atoms with E-state index in [2.05, 4.69) is 17.2 Å². The summed E-state index contributed by atoms with van der Waals surface area (Å²) in [7, 11) is 0. The minimum absolute atomic E-state index is 0.0682. The normalized spacial score (nSPS) is 16.5. The third-order valence-corrected chi connectivity index (χ3v) is 6.15. The maximum Gasteiger partial charge on any atom is 0.270 e. The van der Waals surface area contributed by atoms with Crippen LogP contribution in [0, 0.1) is 0 Å². The summed E-state index contributed by atoms with van der Waals surface area (Å²) in [5.74, 6) is -0.0502. The SMILES string of the molecule is O=C(CCCc1ccccc1)N1CCN(C(=O)C2=NN(Cc3ccccc3)C(=O)CC2)CC1. The van der Waals surface area contributed by atoms with E-state index in [0.717, 1.165) is 18.4 Å². The lowest BCUT2D eigenvalue weighted by Crippen LogP contribution is -2.52. The molecule has 0 atom stereocenters. The smallest absolute Gasteiger partial charge is 0.270 e. The van der Waals surface area contributed by atoms with Gasteiger partial charge in [0.2, 0.25) is 11.8 Å². The summed E-state index contributed by atoms with van der Waals surface area (Å²) in [4.78, 5) is 41.5. The van der Waals surface area contributed by atoms with Gasteiger partial charge in [-0.3, -0.25) is 14.4 Å². The lowest BCUT2D eigenvalue weighted by Gasteiger charge is -2.35. The first kappa shape index (κ1) is 22.7. The van der Waals surface area contributed by atoms with Crippen LogP contribution in [0.3, 0.4) is 0 Å². The molecular formula is C26H30N4O3. The number of nitrogens with zero attached hydrogens (tertiary/aromatic N) is 4. The number of benzene rings is 2. The maximum absolute atomic E-state index is 13.0. The molecule has 3 amide bonds. The first-order chi connectivity index (χ1) is 16.1. The van der Waals surface area contributed by atoms with Gasteiger partial charge in [0.1, 0.15) is 5.71 Å². The topological polar surface area (TPSA) is 73.3 Å². The average molecular weight is 447 g/mol. The highest BCUT2D eigenvalue weighted by molar-refractivity contribution is 6.39. The van der Waals surface area contributed by atoms with E-state index >= 15 is 0 Å². The van der Waals surface area contributed by atoms with E-state index in [0.29, 0.717) is 51.3 Å². The first-order valence-electron chi connectivity index (χ1n) is 11.6. The molecule has 33 heavy (non-hydrogen) atoms. The van der Waals surface area contributed by atoms with Crippen LogP contribution in [0.5, 0.6) is 0 Å². The molecule has 2 aromatic carbocycles. The lowest BCUT2D eigenvalue weighted by molar-refractivity contribution is -0.137. The van der Waals surface area contributed by atoms with Crippen LogP contribution in [0.1, 0.15) is 36.8 Å². The third-order valence-electron chi connectivity index (χ3n) is 6.15. The Morgan fingerprint density at radius 3 is 2.06 bits per heavy atom. The van der Waals surface area contributed by atoms with Gasteiger partial charge in [-0.05, 0) is 24.0 Å². The van der Waals surface area contributed by atoms with Gasteiger partial charge in [0.25, 0.3) is 5.91 Å². The standard InChI is InChI=1S/C26H30N4O3/c31-24(13-7-12-21-8-3-1-4-9-21)28-16-18-29(19-17-28)26(33)23-14-15-25(32)30(27-23)20-22-10-5-2-6-11-22/h1-6,8-11H,7,12-20H2. The summed E-state index contributed by atoms with van der Waals surface area (Å²) >= 11 is 0. The molecule has 7 heteroatoms. The molecule has 0 spiro atoms. The van der Waals surface area contributed by atoms with Crippen LogP contribution in [0.2, 0.25) is 0 Å². The van der Waals surface area contributed by atoms with Gasteiger partial charge in [-0.15, -0.1) is 0 Å². The lowest BCUT2D eigenvalue weighted by atomic mass is 10.1. The van der Waals surface area contributed by atoms with Gasteiger partial charge < -0.3 is 9.80 Å². The molecule has 7 nitrogen and oxygen atoms in total. The van der Waals surface area contributed by atoms with E-state index in [4.69, 9.17) is 0 Å². The van der Waals surface area contributed by atoms with E-state index in [1.165, 1.54) is 10.6 Å².